The van der Waals surface area contributed by atoms with E-state index in [-0.39, 0.29) is 6.04 Å². The minimum absolute atomic E-state index is 0.0167. The molecular formula is C38H47ClN4O5. The van der Waals surface area contributed by atoms with Gasteiger partial charge < -0.3 is 24.8 Å². The molecular weight excluding hydrogens is 628 g/mol. The molecule has 0 aliphatic carbocycles. The number of likely N-dealkylation sites (tertiary alicyclic amines) is 1. The number of para-hydroxylation sites is 2. The van der Waals surface area contributed by atoms with Crippen molar-refractivity contribution in [2.75, 3.05) is 26.8 Å². The summed E-state index contributed by atoms with van der Waals surface area (Å²) in [6, 6.07) is 21.5. The van der Waals surface area contributed by atoms with Crippen molar-refractivity contribution in [1.29, 1.82) is 0 Å². The molecule has 1 aromatic heterocycles. The van der Waals surface area contributed by atoms with Crippen molar-refractivity contribution in [3.8, 4) is 34.3 Å². The molecule has 5 rings (SSSR count). The third-order valence-corrected chi connectivity index (χ3v) is 9.54. The van der Waals surface area contributed by atoms with Gasteiger partial charge in [0.15, 0.2) is 11.5 Å². The van der Waals surface area contributed by atoms with E-state index < -0.39 is 16.9 Å². The van der Waals surface area contributed by atoms with Gasteiger partial charge in [0, 0.05) is 27.7 Å². The number of benzene rings is 3. The van der Waals surface area contributed by atoms with Crippen molar-refractivity contribution in [2.45, 2.75) is 71.4 Å². The van der Waals surface area contributed by atoms with E-state index in [2.05, 4.69) is 41.0 Å². The summed E-state index contributed by atoms with van der Waals surface area (Å²) in [6.45, 7) is 9.94. The minimum atomic E-state index is -0.861. The number of halogens is 1. The van der Waals surface area contributed by atoms with E-state index in [1.165, 1.54) is 0 Å². The van der Waals surface area contributed by atoms with Gasteiger partial charge in [-0.05, 0) is 100 Å². The Balaban J connectivity index is 1.27. The van der Waals surface area contributed by atoms with Gasteiger partial charge in [0.1, 0.15) is 0 Å². The summed E-state index contributed by atoms with van der Waals surface area (Å²) in [5, 5.41) is 15.3. The number of carboxylic acids is 1. The van der Waals surface area contributed by atoms with Gasteiger partial charge in [0.05, 0.1) is 19.1 Å². The standard InChI is InChI=1S/C38H47ClN4O5/c1-25(2)22-28-14-15-29(23-30(28)39)35-41-34(42-48-35)27-12-10-26(11-13-27)31(24-37(3,4)40)43-19-16-38(17-20-43,36(44)45)18-21-47-33-9-7-6-8-32(33)46-5/h6-15,23,25,31H,16-22,24,40H2,1-5H3,(H,44,45). The second kappa shape index (κ2) is 15.1. The molecule has 1 atom stereocenters. The predicted octanol–water partition coefficient (Wildman–Crippen LogP) is 8.07. The number of methoxy groups -OCH3 is 1. The summed E-state index contributed by atoms with van der Waals surface area (Å²) < 4.78 is 17.0. The molecule has 2 heterocycles. The molecule has 3 N–H and O–H groups in total. The Kier molecular flexibility index (Phi) is 11.1. The third-order valence-electron chi connectivity index (χ3n) is 9.18. The van der Waals surface area contributed by atoms with Crippen molar-refractivity contribution in [1.82, 2.24) is 15.0 Å². The number of rotatable bonds is 14. The summed E-state index contributed by atoms with van der Waals surface area (Å²) in [4.78, 5) is 19.6. The van der Waals surface area contributed by atoms with Crippen LogP contribution in [0.1, 0.15) is 70.5 Å². The van der Waals surface area contributed by atoms with Crippen molar-refractivity contribution < 1.29 is 23.9 Å². The molecule has 0 bridgehead atoms. The highest BCUT2D eigenvalue weighted by Crippen LogP contribution is 2.41. The van der Waals surface area contributed by atoms with E-state index >= 15 is 0 Å². The Morgan fingerprint density at radius 3 is 2.33 bits per heavy atom. The van der Waals surface area contributed by atoms with Crippen LogP contribution in [-0.4, -0.2) is 58.5 Å². The van der Waals surface area contributed by atoms with Gasteiger partial charge in [0.2, 0.25) is 5.82 Å². The molecule has 1 aliphatic heterocycles. The highest BCUT2D eigenvalue weighted by atomic mass is 35.5. The molecule has 3 aromatic carbocycles. The summed E-state index contributed by atoms with van der Waals surface area (Å²) in [5.74, 6) is 1.88. The van der Waals surface area contributed by atoms with Crippen molar-refractivity contribution >= 4 is 17.6 Å². The average molecular weight is 675 g/mol. The lowest BCUT2D eigenvalue weighted by Crippen LogP contribution is -2.48. The Morgan fingerprint density at radius 2 is 1.73 bits per heavy atom. The molecule has 1 fully saturated rings. The van der Waals surface area contributed by atoms with E-state index in [9.17, 15) is 9.90 Å². The molecule has 0 radical (unpaired) electrons. The van der Waals surface area contributed by atoms with Crippen LogP contribution in [0.25, 0.3) is 22.8 Å². The Hall–Kier alpha value is -3.92. The number of nitrogens with two attached hydrogens (primary N) is 1. The highest BCUT2D eigenvalue weighted by molar-refractivity contribution is 6.31. The fourth-order valence-corrected chi connectivity index (χ4v) is 6.74. The lowest BCUT2D eigenvalue weighted by atomic mass is 9.75. The first-order chi connectivity index (χ1) is 22.9. The number of hydrogen-bond donors (Lipinski definition) is 2. The fraction of sp³-hybridized carbons (Fsp3) is 0.447. The van der Waals surface area contributed by atoms with E-state index in [4.69, 9.17) is 31.3 Å². The predicted molar refractivity (Wildman–Crippen MR) is 188 cm³/mol. The fourth-order valence-electron chi connectivity index (χ4n) is 6.48. The van der Waals surface area contributed by atoms with Gasteiger partial charge in [-0.2, -0.15) is 4.98 Å². The quantitative estimate of drug-likeness (QED) is 0.137. The lowest BCUT2D eigenvalue weighted by Gasteiger charge is -2.43. The number of carboxylic acid groups (broad SMARTS) is 1. The number of aromatic nitrogens is 2. The molecule has 4 aromatic rings. The van der Waals surface area contributed by atoms with Gasteiger partial charge in [-0.25, -0.2) is 0 Å². The maximum atomic E-state index is 12.6. The van der Waals surface area contributed by atoms with Gasteiger partial charge in [-0.15, -0.1) is 0 Å². The molecule has 48 heavy (non-hydrogen) atoms. The first kappa shape index (κ1) is 35.4. The Bertz CT molecular complexity index is 1670. The van der Waals surface area contributed by atoms with Crippen LogP contribution < -0.4 is 15.2 Å². The van der Waals surface area contributed by atoms with E-state index in [1.807, 2.05) is 68.4 Å². The van der Waals surface area contributed by atoms with Crippen LogP contribution in [0, 0.1) is 11.3 Å². The second-order valence-electron chi connectivity index (χ2n) is 14.0. The van der Waals surface area contributed by atoms with Gasteiger partial charge in [-0.3, -0.25) is 9.69 Å². The zero-order chi connectivity index (χ0) is 34.5. The van der Waals surface area contributed by atoms with Crippen LogP contribution in [0.4, 0.5) is 0 Å². The van der Waals surface area contributed by atoms with Crippen LogP contribution >= 0.6 is 11.6 Å². The molecule has 0 amide bonds. The second-order valence-corrected chi connectivity index (χ2v) is 14.4. The number of hydrogen-bond acceptors (Lipinski definition) is 8. The van der Waals surface area contributed by atoms with E-state index in [1.54, 1.807) is 7.11 Å². The highest BCUT2D eigenvalue weighted by Gasteiger charge is 2.43. The largest absolute Gasteiger partial charge is 0.493 e. The Labute approximate surface area is 288 Å². The van der Waals surface area contributed by atoms with Crippen molar-refractivity contribution in [2.24, 2.45) is 17.1 Å². The monoisotopic (exact) mass is 674 g/mol. The number of piperidine rings is 1. The van der Waals surface area contributed by atoms with Crippen LogP contribution in [-0.2, 0) is 11.2 Å². The molecule has 256 valence electrons. The molecule has 0 saturated carbocycles. The molecule has 1 saturated heterocycles. The number of aliphatic carboxylic acids is 1. The molecule has 1 unspecified atom stereocenters. The summed E-state index contributed by atoms with van der Waals surface area (Å²) in [7, 11) is 1.59. The maximum absolute atomic E-state index is 12.6. The van der Waals surface area contributed by atoms with Crippen molar-refractivity contribution in [3.63, 3.8) is 0 Å². The molecule has 1 aliphatic rings. The van der Waals surface area contributed by atoms with Crippen LogP contribution in [0.2, 0.25) is 5.02 Å². The van der Waals surface area contributed by atoms with Crippen molar-refractivity contribution in [3.05, 3.63) is 82.9 Å². The zero-order valence-corrected chi connectivity index (χ0v) is 29.3. The number of carbonyl (C=O) groups is 1. The van der Waals surface area contributed by atoms with Gasteiger partial charge in [0.25, 0.3) is 5.89 Å². The van der Waals surface area contributed by atoms with E-state index in [0.29, 0.717) is 79.5 Å². The average Bonchev–Trinajstić information content (AvgIpc) is 3.55. The maximum Gasteiger partial charge on any atom is 0.309 e. The molecule has 0 spiro atoms. The number of ether oxygens (including phenoxy) is 2. The molecule has 10 heteroatoms. The van der Waals surface area contributed by atoms with E-state index in [0.717, 1.165) is 28.7 Å². The smallest absolute Gasteiger partial charge is 0.309 e. The Morgan fingerprint density at radius 1 is 1.06 bits per heavy atom. The topological polar surface area (TPSA) is 124 Å². The van der Waals surface area contributed by atoms with Gasteiger partial charge >= 0.3 is 5.97 Å². The minimum Gasteiger partial charge on any atom is -0.493 e. The first-order valence-corrected chi connectivity index (χ1v) is 17.0. The van der Waals surface area contributed by atoms with Gasteiger partial charge in [-0.1, -0.05) is 73.1 Å². The summed E-state index contributed by atoms with van der Waals surface area (Å²) in [5.41, 5.74) is 9.09. The normalized spacial score (nSPS) is 15.8. The SMILES string of the molecule is COc1ccccc1OCCC1(C(=O)O)CCN(C(CC(C)(C)N)c2ccc(-c3noc(-c4ccc(CC(C)C)c(Cl)c4)n3)cc2)CC1. The third kappa shape index (κ3) is 8.56. The van der Waals surface area contributed by atoms with Crippen LogP contribution in [0.5, 0.6) is 11.5 Å². The van der Waals surface area contributed by atoms with Crippen LogP contribution in [0.15, 0.2) is 71.3 Å². The number of nitrogens with zero attached hydrogens (tertiary/aromatic N) is 3. The first-order valence-electron chi connectivity index (χ1n) is 16.6. The molecule has 9 nitrogen and oxygen atoms in total. The summed E-state index contributed by atoms with van der Waals surface area (Å²) >= 11 is 6.55. The van der Waals surface area contributed by atoms with Crippen LogP contribution in [0.3, 0.4) is 0 Å². The summed E-state index contributed by atoms with van der Waals surface area (Å²) in [6.07, 6.45) is 3.07. The lowest BCUT2D eigenvalue weighted by molar-refractivity contribution is -0.153. The zero-order valence-electron chi connectivity index (χ0n) is 28.5.